The standard InChI is InChI=1S/C25H24FN7O2/c1-13-24(34)31-23-16(28-13)5-2-14(22(23)26)12-32-8-9-33(21-10-20(21)32)19-7-6-17(30-18(19)11-27)25(35)29-15-3-4-15/h2,5-7,15,20-21H,3-4,8-10,12H2,1H3,(H,29,35)(H,31,34)/t20-,21+/m1/s1. The van der Waals surface area contributed by atoms with E-state index in [1.54, 1.807) is 25.1 Å². The molecule has 0 bridgehead atoms. The number of nitriles is 1. The second-order valence-corrected chi connectivity index (χ2v) is 9.54. The summed E-state index contributed by atoms with van der Waals surface area (Å²) in [5.74, 6) is -0.684. The number of halogens is 1. The second kappa shape index (κ2) is 8.13. The molecule has 0 unspecified atom stereocenters. The number of nitrogens with one attached hydrogen (secondary N) is 2. The zero-order valence-electron chi connectivity index (χ0n) is 19.2. The zero-order valence-corrected chi connectivity index (χ0v) is 19.2. The number of carbonyl (C=O) groups is 1. The molecule has 2 aliphatic carbocycles. The van der Waals surface area contributed by atoms with Crippen molar-refractivity contribution in [2.24, 2.45) is 0 Å². The number of benzene rings is 1. The second-order valence-electron chi connectivity index (χ2n) is 9.54. The van der Waals surface area contributed by atoms with Crippen molar-refractivity contribution in [1.29, 1.82) is 5.26 Å². The summed E-state index contributed by atoms with van der Waals surface area (Å²) in [5, 5.41) is 12.6. The van der Waals surface area contributed by atoms with Crippen LogP contribution < -0.4 is 15.8 Å². The van der Waals surface area contributed by atoms with Crippen LogP contribution in [0.15, 0.2) is 29.1 Å². The molecular weight excluding hydrogens is 449 g/mol. The maximum atomic E-state index is 15.2. The van der Waals surface area contributed by atoms with Gasteiger partial charge in [-0.3, -0.25) is 14.5 Å². The van der Waals surface area contributed by atoms with Gasteiger partial charge in [0.05, 0.1) is 11.2 Å². The summed E-state index contributed by atoms with van der Waals surface area (Å²) in [7, 11) is 0. The lowest BCUT2D eigenvalue weighted by Gasteiger charge is -2.35. The first-order chi connectivity index (χ1) is 16.9. The third-order valence-corrected chi connectivity index (χ3v) is 7.08. The van der Waals surface area contributed by atoms with Crippen LogP contribution in [-0.4, -0.2) is 57.0 Å². The molecule has 2 N–H and O–H groups in total. The Bertz CT molecular complexity index is 1460. The number of pyridine rings is 1. The fourth-order valence-electron chi connectivity index (χ4n) is 4.94. The Morgan fingerprint density at radius 2 is 2.06 bits per heavy atom. The molecule has 0 spiro atoms. The van der Waals surface area contributed by atoms with Crippen LogP contribution >= 0.6 is 0 Å². The van der Waals surface area contributed by atoms with E-state index < -0.39 is 5.82 Å². The summed E-state index contributed by atoms with van der Waals surface area (Å²) < 4.78 is 15.2. The summed E-state index contributed by atoms with van der Waals surface area (Å²) in [5.41, 5.74) is 2.26. The maximum absolute atomic E-state index is 15.2. The molecule has 3 heterocycles. The van der Waals surface area contributed by atoms with Crippen LogP contribution in [-0.2, 0) is 6.54 Å². The molecular formula is C25H24FN7O2. The smallest absolute Gasteiger partial charge is 0.270 e. The Kier molecular flexibility index (Phi) is 5.04. The lowest BCUT2D eigenvalue weighted by molar-refractivity contribution is 0.0946. The van der Waals surface area contributed by atoms with E-state index >= 15 is 4.39 Å². The molecule has 9 nitrogen and oxygen atoms in total. The third-order valence-electron chi connectivity index (χ3n) is 7.08. The van der Waals surface area contributed by atoms with Crippen LogP contribution in [0.3, 0.4) is 0 Å². The van der Waals surface area contributed by atoms with E-state index in [4.69, 9.17) is 0 Å². The molecule has 2 aromatic heterocycles. The van der Waals surface area contributed by atoms with Crippen LogP contribution in [0.4, 0.5) is 10.1 Å². The van der Waals surface area contributed by atoms with Crippen molar-refractivity contribution in [1.82, 2.24) is 25.2 Å². The van der Waals surface area contributed by atoms with Gasteiger partial charge in [-0.25, -0.2) is 14.4 Å². The van der Waals surface area contributed by atoms with E-state index in [0.717, 1.165) is 24.9 Å². The van der Waals surface area contributed by atoms with Gasteiger partial charge in [0, 0.05) is 43.3 Å². The normalized spacial score (nSPS) is 21.5. The fraction of sp³-hybridized carbons (Fsp3) is 0.400. The SMILES string of the molecule is Cc1nc2ccc(CN3CCN(c4ccc(C(=O)NC5CC5)nc4C#N)[C@H]4C[C@H]43)c(F)c2[nH]c1=O. The average molecular weight is 474 g/mol. The van der Waals surface area contributed by atoms with Crippen LogP contribution in [0.5, 0.6) is 0 Å². The number of aromatic nitrogens is 3. The minimum atomic E-state index is -0.442. The van der Waals surface area contributed by atoms with Gasteiger partial charge in [0.15, 0.2) is 11.5 Å². The Morgan fingerprint density at radius 3 is 2.83 bits per heavy atom. The number of hydrogen-bond acceptors (Lipinski definition) is 7. The van der Waals surface area contributed by atoms with E-state index in [2.05, 4.69) is 36.1 Å². The fourth-order valence-corrected chi connectivity index (χ4v) is 4.94. The minimum Gasteiger partial charge on any atom is -0.363 e. The quantitative estimate of drug-likeness (QED) is 0.582. The van der Waals surface area contributed by atoms with Gasteiger partial charge in [-0.15, -0.1) is 0 Å². The summed E-state index contributed by atoms with van der Waals surface area (Å²) >= 11 is 0. The number of hydrogen-bond donors (Lipinski definition) is 2. The minimum absolute atomic E-state index is 0.139. The van der Waals surface area contributed by atoms with Crippen LogP contribution in [0.25, 0.3) is 11.0 Å². The number of rotatable bonds is 5. The molecule has 0 radical (unpaired) electrons. The summed E-state index contributed by atoms with van der Waals surface area (Å²) in [6.07, 6.45) is 2.88. The van der Waals surface area contributed by atoms with Crippen molar-refractivity contribution in [3.05, 3.63) is 63.1 Å². The first-order valence-electron chi connectivity index (χ1n) is 11.8. The first kappa shape index (κ1) is 21.7. The number of carbonyl (C=O) groups excluding carboxylic acids is 1. The Labute approximate surface area is 200 Å². The van der Waals surface area contributed by atoms with Gasteiger partial charge in [0.25, 0.3) is 11.5 Å². The lowest BCUT2D eigenvalue weighted by Crippen LogP contribution is -2.46. The van der Waals surface area contributed by atoms with Gasteiger partial charge in [0.1, 0.15) is 23.0 Å². The Balaban J connectivity index is 1.18. The van der Waals surface area contributed by atoms with Gasteiger partial charge in [-0.05, 0) is 44.4 Å². The van der Waals surface area contributed by atoms with Crippen LogP contribution in [0, 0.1) is 24.1 Å². The number of aromatic amines is 1. The number of anilines is 1. The highest BCUT2D eigenvalue weighted by Crippen LogP contribution is 2.41. The zero-order chi connectivity index (χ0) is 24.3. The molecule has 2 saturated carbocycles. The number of nitrogens with zero attached hydrogens (tertiary/aromatic N) is 5. The maximum Gasteiger partial charge on any atom is 0.270 e. The van der Waals surface area contributed by atoms with Gasteiger partial charge >= 0.3 is 0 Å². The van der Waals surface area contributed by atoms with Crippen molar-refractivity contribution in [2.75, 3.05) is 18.0 Å². The van der Waals surface area contributed by atoms with E-state index in [-0.39, 0.29) is 46.5 Å². The lowest BCUT2D eigenvalue weighted by atomic mass is 10.1. The molecule has 1 amide bonds. The number of piperazine rings is 1. The van der Waals surface area contributed by atoms with Crippen molar-refractivity contribution < 1.29 is 9.18 Å². The molecule has 178 valence electrons. The highest BCUT2D eigenvalue weighted by Gasteiger charge is 2.49. The van der Waals surface area contributed by atoms with E-state index in [1.165, 1.54) is 0 Å². The monoisotopic (exact) mass is 473 g/mol. The van der Waals surface area contributed by atoms with Gasteiger partial charge in [0.2, 0.25) is 0 Å². The van der Waals surface area contributed by atoms with Crippen molar-refractivity contribution in [3.8, 4) is 6.07 Å². The number of H-pyrrole nitrogens is 1. The summed E-state index contributed by atoms with van der Waals surface area (Å²) in [4.78, 5) is 39.8. The van der Waals surface area contributed by atoms with Gasteiger partial charge in [-0.1, -0.05) is 6.07 Å². The highest BCUT2D eigenvalue weighted by molar-refractivity contribution is 5.93. The molecule has 35 heavy (non-hydrogen) atoms. The molecule has 1 saturated heterocycles. The highest BCUT2D eigenvalue weighted by atomic mass is 19.1. The Morgan fingerprint density at radius 1 is 1.23 bits per heavy atom. The topological polar surface area (TPSA) is 118 Å². The number of amides is 1. The molecule has 3 aliphatic rings. The molecule has 2 atom stereocenters. The molecule has 1 aromatic carbocycles. The Hall–Kier alpha value is -3.84. The molecule has 6 rings (SSSR count). The summed E-state index contributed by atoms with van der Waals surface area (Å²) in [6, 6.07) is 9.78. The molecule has 3 fully saturated rings. The van der Waals surface area contributed by atoms with Crippen molar-refractivity contribution in [2.45, 2.75) is 50.9 Å². The van der Waals surface area contributed by atoms with Crippen LogP contribution in [0.2, 0.25) is 0 Å². The molecule has 10 heteroatoms. The van der Waals surface area contributed by atoms with E-state index in [1.807, 2.05) is 6.07 Å². The van der Waals surface area contributed by atoms with Crippen molar-refractivity contribution in [3.63, 3.8) is 0 Å². The van der Waals surface area contributed by atoms with Crippen LogP contribution in [0.1, 0.15) is 46.7 Å². The molecule has 1 aliphatic heterocycles. The van der Waals surface area contributed by atoms with Gasteiger partial charge < -0.3 is 15.2 Å². The molecule has 3 aromatic rings. The third kappa shape index (κ3) is 3.91. The predicted molar refractivity (Wildman–Crippen MR) is 126 cm³/mol. The number of aryl methyl sites for hydroxylation is 1. The van der Waals surface area contributed by atoms with Crippen molar-refractivity contribution >= 4 is 22.6 Å². The van der Waals surface area contributed by atoms with E-state index in [0.29, 0.717) is 36.4 Å². The summed E-state index contributed by atoms with van der Waals surface area (Å²) in [6.45, 7) is 3.38. The number of fused-ring (bicyclic) bond motifs is 2. The predicted octanol–water partition coefficient (Wildman–Crippen LogP) is 1.99. The van der Waals surface area contributed by atoms with Gasteiger partial charge in [-0.2, -0.15) is 5.26 Å². The first-order valence-corrected chi connectivity index (χ1v) is 11.8. The van der Waals surface area contributed by atoms with E-state index in [9.17, 15) is 14.9 Å². The average Bonchev–Trinajstić information content (AvgIpc) is 3.77. The largest absolute Gasteiger partial charge is 0.363 e.